The average Bonchev–Trinajstić information content (AvgIpc) is 3.56. The first kappa shape index (κ1) is 17.6. The molecule has 1 heterocycles. The molecule has 0 unspecified atom stereocenters. The number of nitrogens with zero attached hydrogens (tertiary/aromatic N) is 1. The Morgan fingerprint density at radius 3 is 2.00 bits per heavy atom. The highest BCUT2D eigenvalue weighted by Crippen LogP contribution is 2.65. The van der Waals surface area contributed by atoms with Crippen molar-refractivity contribution in [1.82, 2.24) is 4.90 Å². The van der Waals surface area contributed by atoms with E-state index in [9.17, 15) is 14.4 Å². The number of rotatable bonds is 4. The molecule has 2 aromatic carbocycles. The molecule has 5 heteroatoms. The molecule has 7 rings (SSSR count). The maximum atomic E-state index is 13.0. The molecule has 0 N–H and O–H groups in total. The number of carbonyl (C=O) groups excluding carboxylic acids is 3. The molecule has 0 radical (unpaired) electrons. The topological polar surface area (TPSA) is 63.7 Å². The number of benzene rings is 2. The summed E-state index contributed by atoms with van der Waals surface area (Å²) in [6.07, 6.45) is 5.37. The van der Waals surface area contributed by atoms with Gasteiger partial charge in [0, 0.05) is 0 Å². The Kier molecular flexibility index (Phi) is 3.76. The molecule has 6 atom stereocenters. The molecule has 30 heavy (non-hydrogen) atoms. The van der Waals surface area contributed by atoms with E-state index in [1.54, 1.807) is 12.1 Å². The van der Waals surface area contributed by atoms with Crippen molar-refractivity contribution in [2.45, 2.75) is 6.42 Å². The molecule has 4 aliphatic carbocycles. The van der Waals surface area contributed by atoms with Gasteiger partial charge in [0.05, 0.1) is 11.8 Å². The van der Waals surface area contributed by atoms with Crippen LogP contribution in [0.15, 0.2) is 66.7 Å². The van der Waals surface area contributed by atoms with Crippen molar-refractivity contribution in [2.75, 3.05) is 6.54 Å². The van der Waals surface area contributed by atoms with Gasteiger partial charge in [-0.05, 0) is 53.4 Å². The predicted molar refractivity (Wildman–Crippen MR) is 109 cm³/mol. The normalized spacial score (nSPS) is 32.7. The monoisotopic (exact) mass is 399 g/mol. The largest absolute Gasteiger partial charge is 0.425 e. The van der Waals surface area contributed by atoms with Crippen molar-refractivity contribution in [3.63, 3.8) is 0 Å². The lowest BCUT2D eigenvalue weighted by Gasteiger charge is -2.37. The van der Waals surface area contributed by atoms with Gasteiger partial charge in [0.2, 0.25) is 11.8 Å². The van der Waals surface area contributed by atoms with E-state index in [-0.39, 0.29) is 42.0 Å². The van der Waals surface area contributed by atoms with Crippen LogP contribution in [-0.4, -0.2) is 29.2 Å². The maximum Gasteiger partial charge on any atom is 0.331 e. The molecule has 2 aromatic rings. The Bertz CT molecular complexity index is 1040. The van der Waals surface area contributed by atoms with Gasteiger partial charge >= 0.3 is 5.97 Å². The zero-order valence-corrected chi connectivity index (χ0v) is 16.3. The van der Waals surface area contributed by atoms with E-state index in [2.05, 4.69) is 12.2 Å². The Labute approximate surface area is 174 Å². The summed E-state index contributed by atoms with van der Waals surface area (Å²) in [6, 6.07) is 17.1. The van der Waals surface area contributed by atoms with Gasteiger partial charge in [-0.15, -0.1) is 0 Å². The van der Waals surface area contributed by atoms with E-state index in [1.165, 1.54) is 0 Å². The fourth-order valence-electron chi connectivity index (χ4n) is 5.81. The van der Waals surface area contributed by atoms with Crippen molar-refractivity contribution in [3.8, 4) is 16.9 Å². The first-order valence-electron chi connectivity index (χ1n) is 10.5. The van der Waals surface area contributed by atoms with Crippen molar-refractivity contribution in [3.05, 3.63) is 66.7 Å². The molecule has 5 nitrogen and oxygen atoms in total. The van der Waals surface area contributed by atoms with Crippen LogP contribution in [0.3, 0.4) is 0 Å². The summed E-state index contributed by atoms with van der Waals surface area (Å²) in [7, 11) is 0. The van der Waals surface area contributed by atoms with Crippen LogP contribution in [0.5, 0.6) is 5.75 Å². The highest BCUT2D eigenvalue weighted by atomic mass is 16.5. The molecular weight excluding hydrogens is 378 g/mol. The van der Waals surface area contributed by atoms with Crippen LogP contribution in [0.2, 0.25) is 0 Å². The van der Waals surface area contributed by atoms with Gasteiger partial charge in [-0.3, -0.25) is 14.5 Å². The number of imide groups is 1. The molecule has 0 aromatic heterocycles. The Balaban J connectivity index is 1.14. The van der Waals surface area contributed by atoms with Gasteiger partial charge in [0.1, 0.15) is 12.3 Å². The Hall–Kier alpha value is -3.21. The van der Waals surface area contributed by atoms with Gasteiger partial charge in [-0.25, -0.2) is 4.79 Å². The van der Waals surface area contributed by atoms with Crippen LogP contribution in [0.25, 0.3) is 11.1 Å². The molecular formula is C25H21NO4. The molecule has 150 valence electrons. The van der Waals surface area contributed by atoms with E-state index in [0.717, 1.165) is 22.4 Å². The van der Waals surface area contributed by atoms with Gasteiger partial charge < -0.3 is 4.74 Å². The second-order valence-corrected chi connectivity index (χ2v) is 8.78. The Morgan fingerprint density at radius 2 is 1.40 bits per heavy atom. The standard InChI is InChI=1S/C25H21NO4/c27-21(30-16-8-6-15(7-9-16)14-4-2-1-3-5-14)13-26-24(28)22-17-10-11-18(20-12-19(17)20)23(22)25(26)29/h1-11,17-20,22-23H,12-13H2/t17-,18-,19-,20+,22+,23+/m0/s1. The minimum atomic E-state index is -0.590. The van der Waals surface area contributed by atoms with E-state index >= 15 is 0 Å². The van der Waals surface area contributed by atoms with Gasteiger partial charge in [0.25, 0.3) is 0 Å². The number of likely N-dealkylation sites (tertiary alicyclic amines) is 1. The maximum absolute atomic E-state index is 13.0. The molecule has 1 aliphatic heterocycles. The summed E-state index contributed by atoms with van der Waals surface area (Å²) >= 11 is 0. The van der Waals surface area contributed by atoms with Gasteiger partial charge in [0.15, 0.2) is 0 Å². The van der Waals surface area contributed by atoms with Crippen LogP contribution in [0.4, 0.5) is 0 Å². The molecule has 2 saturated carbocycles. The van der Waals surface area contributed by atoms with Crippen molar-refractivity contribution in [1.29, 1.82) is 0 Å². The number of ether oxygens (including phenoxy) is 1. The third-order valence-electron chi connectivity index (χ3n) is 7.23. The SMILES string of the molecule is O=C(CN1C(=O)[C@@H]2[C@H]3C=C[C@@H]([C@@H]4C[C@H]34)[C@H]2C1=O)Oc1ccc(-c2ccccc2)cc1. The third kappa shape index (κ3) is 2.58. The lowest BCUT2D eigenvalue weighted by molar-refractivity contribution is -0.148. The summed E-state index contributed by atoms with van der Waals surface area (Å²) < 4.78 is 5.42. The van der Waals surface area contributed by atoms with Crippen molar-refractivity contribution < 1.29 is 19.1 Å². The average molecular weight is 399 g/mol. The third-order valence-corrected chi connectivity index (χ3v) is 7.23. The lowest BCUT2D eigenvalue weighted by atomic mass is 9.63. The predicted octanol–water partition coefficient (Wildman–Crippen LogP) is 3.31. The van der Waals surface area contributed by atoms with Crippen molar-refractivity contribution in [2.24, 2.45) is 35.5 Å². The Morgan fingerprint density at radius 1 is 0.833 bits per heavy atom. The van der Waals surface area contributed by atoms with Gasteiger partial charge in [-0.1, -0.05) is 54.6 Å². The van der Waals surface area contributed by atoms with E-state index < -0.39 is 5.97 Å². The minimum absolute atomic E-state index is 0.160. The quantitative estimate of drug-likeness (QED) is 0.342. The summed E-state index contributed by atoms with van der Waals surface area (Å²) in [6.45, 7) is -0.320. The number of allylic oxidation sites excluding steroid dienone is 2. The first-order valence-corrected chi connectivity index (χ1v) is 10.5. The summed E-state index contributed by atoms with van der Waals surface area (Å²) in [5, 5.41) is 0. The zero-order chi connectivity index (χ0) is 20.4. The number of esters is 1. The highest BCUT2D eigenvalue weighted by molar-refractivity contribution is 6.08. The first-order chi connectivity index (χ1) is 14.6. The second kappa shape index (κ2) is 6.39. The number of amides is 2. The fraction of sp³-hybridized carbons (Fsp3) is 0.320. The zero-order valence-electron chi connectivity index (χ0n) is 16.3. The number of carbonyl (C=O) groups is 3. The summed E-state index contributed by atoms with van der Waals surface area (Å²) in [5.74, 6) is 0.259. The lowest BCUT2D eigenvalue weighted by Crippen LogP contribution is -2.40. The summed E-state index contributed by atoms with van der Waals surface area (Å²) in [4.78, 5) is 39.5. The molecule has 2 amide bonds. The summed E-state index contributed by atoms with van der Waals surface area (Å²) in [5.41, 5.74) is 2.10. The minimum Gasteiger partial charge on any atom is -0.425 e. The van der Waals surface area contributed by atoms with Gasteiger partial charge in [-0.2, -0.15) is 0 Å². The smallest absolute Gasteiger partial charge is 0.331 e. The van der Waals surface area contributed by atoms with Crippen LogP contribution >= 0.6 is 0 Å². The molecule has 2 bridgehead atoms. The van der Waals surface area contributed by atoms with Crippen LogP contribution in [-0.2, 0) is 14.4 Å². The molecule has 0 spiro atoms. The highest BCUT2D eigenvalue weighted by Gasteiger charge is 2.67. The van der Waals surface area contributed by atoms with Crippen LogP contribution in [0.1, 0.15) is 6.42 Å². The van der Waals surface area contributed by atoms with E-state index in [1.807, 2.05) is 42.5 Å². The van der Waals surface area contributed by atoms with E-state index in [4.69, 9.17) is 4.74 Å². The van der Waals surface area contributed by atoms with E-state index in [0.29, 0.717) is 17.6 Å². The molecule has 3 fully saturated rings. The van der Waals surface area contributed by atoms with Crippen LogP contribution < -0.4 is 4.74 Å². The molecule has 5 aliphatic rings. The van der Waals surface area contributed by atoms with Crippen molar-refractivity contribution >= 4 is 17.8 Å². The second-order valence-electron chi connectivity index (χ2n) is 8.78. The fourth-order valence-corrected chi connectivity index (χ4v) is 5.81. The number of hydrogen-bond donors (Lipinski definition) is 0. The molecule has 1 saturated heterocycles. The number of hydrogen-bond acceptors (Lipinski definition) is 4. The van der Waals surface area contributed by atoms with Crippen LogP contribution in [0, 0.1) is 35.5 Å².